The molecule has 1 heterocycles. The van der Waals surface area contributed by atoms with E-state index in [9.17, 15) is 8.42 Å². The van der Waals surface area contributed by atoms with Gasteiger partial charge in [-0.2, -0.15) is 12.7 Å². The summed E-state index contributed by atoms with van der Waals surface area (Å²) in [7, 11) is -3.35. The molecule has 0 bridgehead atoms. The van der Waals surface area contributed by atoms with Crippen molar-refractivity contribution in [2.45, 2.75) is 33.6 Å². The number of nitrogens with zero attached hydrogens (tertiary/aromatic N) is 2. The summed E-state index contributed by atoms with van der Waals surface area (Å²) in [4.78, 5) is 2.26. The van der Waals surface area contributed by atoms with Crippen LogP contribution in [0, 0.1) is 11.8 Å². The van der Waals surface area contributed by atoms with Gasteiger partial charge in [0.2, 0.25) is 0 Å². The molecule has 1 aromatic rings. The Kier molecular flexibility index (Phi) is 7.07. The van der Waals surface area contributed by atoms with Crippen LogP contribution in [0.15, 0.2) is 30.3 Å². The maximum Gasteiger partial charge on any atom is 0.279 e. The minimum Gasteiger partial charge on any atom is -0.372 e. The summed E-state index contributed by atoms with van der Waals surface area (Å²) in [5.41, 5.74) is 1.18. The van der Waals surface area contributed by atoms with Crippen LogP contribution in [0.25, 0.3) is 0 Å². The van der Waals surface area contributed by atoms with Gasteiger partial charge >= 0.3 is 0 Å². The van der Waals surface area contributed by atoms with Crippen molar-refractivity contribution in [2.75, 3.05) is 37.6 Å². The molecule has 0 aliphatic carbocycles. The fourth-order valence-corrected chi connectivity index (χ4v) is 4.96. The van der Waals surface area contributed by atoms with Gasteiger partial charge in [-0.25, -0.2) is 4.72 Å². The zero-order valence-electron chi connectivity index (χ0n) is 15.1. The molecule has 1 aliphatic rings. The van der Waals surface area contributed by atoms with E-state index in [1.807, 2.05) is 18.2 Å². The van der Waals surface area contributed by atoms with Crippen LogP contribution in [0.5, 0.6) is 0 Å². The number of piperidine rings is 1. The maximum absolute atomic E-state index is 12.5. The summed E-state index contributed by atoms with van der Waals surface area (Å²) >= 11 is 0. The molecule has 6 heteroatoms. The van der Waals surface area contributed by atoms with Crippen molar-refractivity contribution in [2.24, 2.45) is 11.8 Å². The fourth-order valence-electron chi connectivity index (χ4n) is 3.47. The highest BCUT2D eigenvalue weighted by Gasteiger charge is 2.29. The maximum atomic E-state index is 12.5. The van der Waals surface area contributed by atoms with E-state index in [0.29, 0.717) is 31.5 Å². The summed E-state index contributed by atoms with van der Waals surface area (Å²) in [5, 5.41) is 0. The van der Waals surface area contributed by atoms with Crippen molar-refractivity contribution < 1.29 is 8.42 Å². The Morgan fingerprint density at radius 3 is 2.38 bits per heavy atom. The van der Waals surface area contributed by atoms with E-state index in [-0.39, 0.29) is 0 Å². The van der Waals surface area contributed by atoms with Crippen molar-refractivity contribution in [3.63, 3.8) is 0 Å². The van der Waals surface area contributed by atoms with Gasteiger partial charge in [-0.15, -0.1) is 0 Å². The Morgan fingerprint density at radius 2 is 1.79 bits per heavy atom. The lowest BCUT2D eigenvalue weighted by atomic mass is 9.94. The normalized spacial score (nSPS) is 22.5. The van der Waals surface area contributed by atoms with Crippen LogP contribution < -0.4 is 9.62 Å². The predicted molar refractivity (Wildman–Crippen MR) is 100 cm³/mol. The van der Waals surface area contributed by atoms with Crippen LogP contribution in [0.2, 0.25) is 0 Å². The predicted octanol–water partition coefficient (Wildman–Crippen LogP) is 2.72. The first kappa shape index (κ1) is 19.2. The van der Waals surface area contributed by atoms with E-state index in [1.54, 1.807) is 4.31 Å². The van der Waals surface area contributed by atoms with E-state index < -0.39 is 10.2 Å². The second-order valence-electron chi connectivity index (χ2n) is 6.93. The van der Waals surface area contributed by atoms with Gasteiger partial charge < -0.3 is 4.90 Å². The highest BCUT2D eigenvalue weighted by Crippen LogP contribution is 2.22. The molecule has 1 aromatic carbocycles. The molecule has 136 valence electrons. The topological polar surface area (TPSA) is 52.7 Å². The Labute approximate surface area is 147 Å². The molecule has 24 heavy (non-hydrogen) atoms. The third-order valence-corrected chi connectivity index (χ3v) is 6.11. The first-order valence-corrected chi connectivity index (χ1v) is 10.4. The molecule has 5 nitrogen and oxygen atoms in total. The molecule has 1 fully saturated rings. The first-order chi connectivity index (χ1) is 11.4. The molecule has 0 amide bonds. The minimum absolute atomic E-state index is 0.430. The van der Waals surface area contributed by atoms with Crippen molar-refractivity contribution in [1.29, 1.82) is 0 Å². The summed E-state index contributed by atoms with van der Waals surface area (Å²) < 4.78 is 29.3. The number of hydrogen-bond acceptors (Lipinski definition) is 3. The van der Waals surface area contributed by atoms with Gasteiger partial charge in [0.15, 0.2) is 0 Å². The average Bonchev–Trinajstić information content (AvgIpc) is 2.55. The van der Waals surface area contributed by atoms with Crippen LogP contribution in [-0.2, 0) is 10.2 Å². The van der Waals surface area contributed by atoms with Gasteiger partial charge in [0.05, 0.1) is 0 Å². The van der Waals surface area contributed by atoms with Crippen molar-refractivity contribution in [1.82, 2.24) is 9.03 Å². The van der Waals surface area contributed by atoms with Crippen LogP contribution in [0.4, 0.5) is 5.69 Å². The van der Waals surface area contributed by atoms with Gasteiger partial charge in [-0.1, -0.05) is 32.0 Å². The molecule has 2 rings (SSSR count). The Hall–Kier alpha value is -1.11. The molecule has 1 aliphatic heterocycles. The zero-order chi connectivity index (χ0) is 17.6. The first-order valence-electron chi connectivity index (χ1n) is 8.97. The molecular formula is C18H31N3O2S. The average molecular weight is 354 g/mol. The van der Waals surface area contributed by atoms with E-state index >= 15 is 0 Å². The highest BCUT2D eigenvalue weighted by atomic mass is 32.2. The van der Waals surface area contributed by atoms with Gasteiger partial charge in [0.1, 0.15) is 0 Å². The lowest BCUT2D eigenvalue weighted by molar-refractivity contribution is 0.220. The molecular weight excluding hydrogens is 322 g/mol. The quantitative estimate of drug-likeness (QED) is 0.731. The molecule has 2 unspecified atom stereocenters. The van der Waals surface area contributed by atoms with Gasteiger partial charge in [-0.05, 0) is 43.7 Å². The van der Waals surface area contributed by atoms with Crippen LogP contribution >= 0.6 is 0 Å². The standard InChI is InChI=1S/C18H31N3O2S/c1-4-20(18-9-6-5-7-10-18)12-8-11-19-24(22,23)21-14-16(2)13-17(3)15-21/h5-7,9-10,16-17,19H,4,8,11-15H2,1-3H3. The van der Waals surface area contributed by atoms with Gasteiger partial charge in [-0.3, -0.25) is 0 Å². The second-order valence-corrected chi connectivity index (χ2v) is 8.69. The summed E-state index contributed by atoms with van der Waals surface area (Å²) in [5.74, 6) is 0.859. The molecule has 1 N–H and O–H groups in total. The van der Waals surface area contributed by atoms with E-state index in [4.69, 9.17) is 0 Å². The Bertz CT molecular complexity index is 582. The SMILES string of the molecule is CCN(CCCNS(=O)(=O)N1CC(C)CC(C)C1)c1ccccc1. The number of para-hydroxylation sites is 1. The molecule has 0 spiro atoms. The Morgan fingerprint density at radius 1 is 1.17 bits per heavy atom. The second kappa shape index (κ2) is 8.83. The van der Waals surface area contributed by atoms with Crippen LogP contribution in [0.1, 0.15) is 33.6 Å². The van der Waals surface area contributed by atoms with Gasteiger partial charge in [0.25, 0.3) is 10.2 Å². The molecule has 1 saturated heterocycles. The Balaban J connectivity index is 1.80. The van der Waals surface area contributed by atoms with Crippen molar-refractivity contribution >= 4 is 15.9 Å². The third kappa shape index (κ3) is 5.46. The molecule has 0 aromatic heterocycles. The third-order valence-electron chi connectivity index (χ3n) is 4.57. The lowest BCUT2D eigenvalue weighted by Crippen LogP contribution is -2.48. The number of anilines is 1. The van der Waals surface area contributed by atoms with Crippen LogP contribution in [0.3, 0.4) is 0 Å². The molecule has 0 radical (unpaired) electrons. The summed E-state index contributed by atoms with van der Waals surface area (Å²) in [6.07, 6.45) is 1.90. The lowest BCUT2D eigenvalue weighted by Gasteiger charge is -2.34. The minimum atomic E-state index is -3.35. The van der Waals surface area contributed by atoms with Crippen molar-refractivity contribution in [3.05, 3.63) is 30.3 Å². The van der Waals surface area contributed by atoms with E-state index in [0.717, 1.165) is 25.9 Å². The number of nitrogens with one attached hydrogen (secondary N) is 1. The number of benzene rings is 1. The molecule has 0 saturated carbocycles. The summed E-state index contributed by atoms with van der Waals surface area (Å²) in [6.45, 7) is 9.86. The smallest absolute Gasteiger partial charge is 0.279 e. The number of hydrogen-bond donors (Lipinski definition) is 1. The number of rotatable bonds is 8. The molecule has 2 atom stereocenters. The van der Waals surface area contributed by atoms with E-state index in [1.165, 1.54) is 5.69 Å². The summed E-state index contributed by atoms with van der Waals surface area (Å²) in [6, 6.07) is 10.2. The van der Waals surface area contributed by atoms with E-state index in [2.05, 4.69) is 42.5 Å². The largest absolute Gasteiger partial charge is 0.372 e. The zero-order valence-corrected chi connectivity index (χ0v) is 15.9. The monoisotopic (exact) mass is 353 g/mol. The fraction of sp³-hybridized carbons (Fsp3) is 0.667. The van der Waals surface area contributed by atoms with Crippen LogP contribution in [-0.4, -0.2) is 45.4 Å². The highest BCUT2D eigenvalue weighted by molar-refractivity contribution is 7.87. The van der Waals surface area contributed by atoms with Crippen molar-refractivity contribution in [3.8, 4) is 0 Å². The van der Waals surface area contributed by atoms with Gasteiger partial charge in [0, 0.05) is 38.4 Å².